The van der Waals surface area contributed by atoms with E-state index in [0.29, 0.717) is 17.4 Å². The summed E-state index contributed by atoms with van der Waals surface area (Å²) in [6.45, 7) is 2.42. The van der Waals surface area contributed by atoms with Crippen molar-refractivity contribution in [2.45, 2.75) is 17.7 Å². The second kappa shape index (κ2) is 5.28. The highest BCUT2D eigenvalue weighted by molar-refractivity contribution is 7.90. The molecule has 2 rings (SSSR count). The number of nitrogens with two attached hydrogens (primary N) is 1. The summed E-state index contributed by atoms with van der Waals surface area (Å²) in [6, 6.07) is 7.21. The third-order valence-corrected chi connectivity index (χ3v) is 4.60. The molecule has 4 nitrogen and oxygen atoms in total. The van der Waals surface area contributed by atoms with Gasteiger partial charge in [-0.25, -0.2) is 8.42 Å². The lowest BCUT2D eigenvalue weighted by atomic mass is 9.98. The average Bonchev–Trinajstić information content (AvgIpc) is 2.38. The lowest BCUT2D eigenvalue weighted by Gasteiger charge is -2.34. The molecule has 5 heteroatoms. The summed E-state index contributed by atoms with van der Waals surface area (Å²) in [5.41, 5.74) is 6.54. The van der Waals surface area contributed by atoms with Gasteiger partial charge in [-0.15, -0.1) is 0 Å². The predicted molar refractivity (Wildman–Crippen MR) is 73.5 cm³/mol. The number of hydrogen-bond acceptors (Lipinski definition) is 4. The molecule has 1 aliphatic heterocycles. The first-order chi connectivity index (χ1) is 8.52. The fourth-order valence-corrected chi connectivity index (χ4v) is 3.41. The molecule has 100 valence electrons. The summed E-state index contributed by atoms with van der Waals surface area (Å²) in [6.07, 6.45) is 3.46. The Labute approximate surface area is 109 Å². The molecule has 0 saturated carbocycles. The van der Waals surface area contributed by atoms with Crippen LogP contribution in [0.15, 0.2) is 29.2 Å². The first-order valence-electron chi connectivity index (χ1n) is 6.26. The Hall–Kier alpha value is -1.07. The molecule has 1 aromatic carbocycles. The third kappa shape index (κ3) is 2.84. The average molecular weight is 268 g/mol. The van der Waals surface area contributed by atoms with Crippen LogP contribution in [-0.4, -0.2) is 34.3 Å². The third-order valence-electron chi connectivity index (χ3n) is 3.46. The number of hydrogen-bond donors (Lipinski definition) is 1. The number of piperidine rings is 1. The van der Waals surface area contributed by atoms with Gasteiger partial charge in [-0.3, -0.25) is 0 Å². The molecule has 0 aromatic heterocycles. The van der Waals surface area contributed by atoms with E-state index in [1.165, 1.54) is 6.26 Å². The van der Waals surface area contributed by atoms with Crippen LogP contribution in [-0.2, 0) is 9.84 Å². The van der Waals surface area contributed by atoms with Crippen LogP contribution in [0.5, 0.6) is 0 Å². The van der Waals surface area contributed by atoms with Crippen molar-refractivity contribution in [3.05, 3.63) is 24.3 Å². The summed E-state index contributed by atoms with van der Waals surface area (Å²) >= 11 is 0. The van der Waals surface area contributed by atoms with Crippen LogP contribution < -0.4 is 10.6 Å². The van der Waals surface area contributed by atoms with Crippen molar-refractivity contribution in [3.63, 3.8) is 0 Å². The van der Waals surface area contributed by atoms with Gasteiger partial charge in [-0.05, 0) is 37.4 Å². The molecular weight excluding hydrogens is 248 g/mol. The molecular formula is C13H20N2O2S. The Morgan fingerprint density at radius 2 is 2.11 bits per heavy atom. The Kier molecular flexibility index (Phi) is 3.92. The minimum absolute atomic E-state index is 0.419. The van der Waals surface area contributed by atoms with Crippen molar-refractivity contribution in [2.75, 3.05) is 30.8 Å². The predicted octanol–water partition coefficient (Wildman–Crippen LogP) is 1.27. The van der Waals surface area contributed by atoms with E-state index in [9.17, 15) is 8.42 Å². The van der Waals surface area contributed by atoms with Crippen molar-refractivity contribution >= 4 is 15.5 Å². The zero-order valence-corrected chi connectivity index (χ0v) is 11.5. The minimum atomic E-state index is -3.18. The van der Waals surface area contributed by atoms with Gasteiger partial charge in [-0.2, -0.15) is 0 Å². The number of para-hydroxylation sites is 1. The van der Waals surface area contributed by atoms with Crippen molar-refractivity contribution in [1.82, 2.24) is 0 Å². The van der Waals surface area contributed by atoms with Crippen molar-refractivity contribution in [2.24, 2.45) is 11.7 Å². The highest BCUT2D eigenvalue weighted by Crippen LogP contribution is 2.28. The van der Waals surface area contributed by atoms with Crippen LogP contribution in [0.2, 0.25) is 0 Å². The van der Waals surface area contributed by atoms with Gasteiger partial charge in [0.2, 0.25) is 0 Å². The molecule has 1 aromatic rings. The number of sulfone groups is 1. The van der Waals surface area contributed by atoms with E-state index in [1.54, 1.807) is 12.1 Å². The van der Waals surface area contributed by atoms with Gasteiger partial charge in [-0.1, -0.05) is 12.1 Å². The zero-order valence-electron chi connectivity index (χ0n) is 10.7. The number of benzene rings is 1. The fourth-order valence-electron chi connectivity index (χ4n) is 2.51. The zero-order chi connectivity index (χ0) is 13.2. The Bertz CT molecular complexity index is 513. The van der Waals surface area contributed by atoms with E-state index in [2.05, 4.69) is 4.90 Å². The van der Waals surface area contributed by atoms with Crippen LogP contribution in [0.25, 0.3) is 0 Å². The fraction of sp³-hybridized carbons (Fsp3) is 0.538. The van der Waals surface area contributed by atoms with Crippen molar-refractivity contribution in [3.8, 4) is 0 Å². The van der Waals surface area contributed by atoms with Gasteiger partial charge in [0.25, 0.3) is 0 Å². The molecule has 18 heavy (non-hydrogen) atoms. The number of nitrogens with zero attached hydrogens (tertiary/aromatic N) is 1. The smallest absolute Gasteiger partial charge is 0.177 e. The molecule has 1 atom stereocenters. The quantitative estimate of drug-likeness (QED) is 0.896. The molecule has 0 bridgehead atoms. The van der Waals surface area contributed by atoms with Crippen LogP contribution in [0.3, 0.4) is 0 Å². The minimum Gasteiger partial charge on any atom is -0.370 e. The summed E-state index contributed by atoms with van der Waals surface area (Å²) in [4.78, 5) is 2.57. The van der Waals surface area contributed by atoms with E-state index < -0.39 is 9.84 Å². The maximum absolute atomic E-state index is 11.8. The summed E-state index contributed by atoms with van der Waals surface area (Å²) in [5.74, 6) is 0.464. The van der Waals surface area contributed by atoms with Crippen LogP contribution >= 0.6 is 0 Å². The lowest BCUT2D eigenvalue weighted by molar-refractivity contribution is 0.422. The van der Waals surface area contributed by atoms with E-state index in [4.69, 9.17) is 5.73 Å². The second-order valence-corrected chi connectivity index (χ2v) is 6.91. The lowest BCUT2D eigenvalue weighted by Crippen LogP contribution is -2.39. The molecule has 0 spiro atoms. The second-order valence-electron chi connectivity index (χ2n) is 4.93. The highest BCUT2D eigenvalue weighted by Gasteiger charge is 2.23. The Balaban J connectivity index is 2.33. The SMILES string of the molecule is CS(=O)(=O)c1ccccc1N1CCCC(CN)C1. The molecule has 0 amide bonds. The molecule has 2 N–H and O–H groups in total. The maximum Gasteiger partial charge on any atom is 0.177 e. The topological polar surface area (TPSA) is 63.4 Å². The monoisotopic (exact) mass is 268 g/mol. The van der Waals surface area contributed by atoms with Crippen molar-refractivity contribution < 1.29 is 8.42 Å². The van der Waals surface area contributed by atoms with E-state index in [-0.39, 0.29) is 0 Å². The largest absolute Gasteiger partial charge is 0.370 e. The van der Waals surface area contributed by atoms with Gasteiger partial charge in [0.15, 0.2) is 9.84 Å². The van der Waals surface area contributed by atoms with Gasteiger partial charge >= 0.3 is 0 Å². The summed E-state index contributed by atoms with van der Waals surface area (Å²) < 4.78 is 23.6. The highest BCUT2D eigenvalue weighted by atomic mass is 32.2. The number of anilines is 1. The van der Waals surface area contributed by atoms with Crippen LogP contribution in [0.1, 0.15) is 12.8 Å². The van der Waals surface area contributed by atoms with E-state index >= 15 is 0 Å². The van der Waals surface area contributed by atoms with Gasteiger partial charge in [0.05, 0.1) is 10.6 Å². The van der Waals surface area contributed by atoms with Gasteiger partial charge < -0.3 is 10.6 Å². The van der Waals surface area contributed by atoms with Gasteiger partial charge in [0.1, 0.15) is 0 Å². The summed E-state index contributed by atoms with van der Waals surface area (Å²) in [7, 11) is -3.18. The van der Waals surface area contributed by atoms with E-state index in [0.717, 1.165) is 31.6 Å². The standard InChI is InChI=1S/C13H20N2O2S/c1-18(16,17)13-7-3-2-6-12(13)15-8-4-5-11(9-14)10-15/h2-3,6-7,11H,4-5,8-10,14H2,1H3. The molecule has 1 unspecified atom stereocenters. The first-order valence-corrected chi connectivity index (χ1v) is 8.15. The van der Waals surface area contributed by atoms with Crippen LogP contribution in [0, 0.1) is 5.92 Å². The first kappa shape index (κ1) is 13.4. The van der Waals surface area contributed by atoms with E-state index in [1.807, 2.05) is 12.1 Å². The maximum atomic E-state index is 11.8. The van der Waals surface area contributed by atoms with Gasteiger partial charge in [0, 0.05) is 19.3 Å². The molecule has 0 radical (unpaired) electrons. The summed E-state index contributed by atoms with van der Waals surface area (Å²) in [5, 5.41) is 0. The molecule has 1 fully saturated rings. The van der Waals surface area contributed by atoms with Crippen molar-refractivity contribution in [1.29, 1.82) is 0 Å². The normalized spacial score (nSPS) is 21.0. The molecule has 1 heterocycles. The molecule has 1 saturated heterocycles. The van der Waals surface area contributed by atoms with Crippen LogP contribution in [0.4, 0.5) is 5.69 Å². The Morgan fingerprint density at radius 1 is 1.39 bits per heavy atom. The Morgan fingerprint density at radius 3 is 2.78 bits per heavy atom. The number of rotatable bonds is 3. The molecule has 1 aliphatic rings. The molecule has 0 aliphatic carbocycles.